The van der Waals surface area contributed by atoms with Gasteiger partial charge in [0.05, 0.1) is 15.6 Å². The Morgan fingerprint density at radius 2 is 1.73 bits per heavy atom. The summed E-state index contributed by atoms with van der Waals surface area (Å²) in [5, 5.41) is 0.624. The maximum absolute atomic E-state index is 13.0. The average molecular weight is 390 g/mol. The van der Waals surface area contributed by atoms with E-state index in [9.17, 15) is 8.42 Å². The molecule has 0 radical (unpaired) electrons. The number of imidazole rings is 1. The van der Waals surface area contributed by atoms with Crippen LogP contribution < -0.4 is 0 Å². The molecule has 2 aromatic heterocycles. The van der Waals surface area contributed by atoms with E-state index in [1.807, 2.05) is 22.7 Å². The topological polar surface area (TPSA) is 54.7 Å². The minimum atomic E-state index is -3.48. The lowest BCUT2D eigenvalue weighted by Gasteiger charge is -2.20. The zero-order chi connectivity index (χ0) is 18.1. The van der Waals surface area contributed by atoms with Crippen molar-refractivity contribution in [3.05, 3.63) is 53.8 Å². The molecule has 0 bridgehead atoms. The van der Waals surface area contributed by atoms with Gasteiger partial charge in [-0.1, -0.05) is 36.6 Å². The van der Waals surface area contributed by atoms with E-state index in [1.165, 1.54) is 0 Å². The van der Waals surface area contributed by atoms with E-state index in [-0.39, 0.29) is 0 Å². The van der Waals surface area contributed by atoms with Crippen molar-refractivity contribution in [2.24, 2.45) is 0 Å². The molecular weight excluding hydrogens is 370 g/mol. The SMILES string of the molecule is O=S(=O)(c1cccc(-c2cn3cc(Cl)ccc3n2)c1)N1CCCCCC1. The van der Waals surface area contributed by atoms with Crippen LogP contribution in [0.15, 0.2) is 53.7 Å². The van der Waals surface area contributed by atoms with Crippen LogP contribution in [0.4, 0.5) is 0 Å². The summed E-state index contributed by atoms with van der Waals surface area (Å²) in [6.07, 6.45) is 7.67. The molecule has 1 fully saturated rings. The summed E-state index contributed by atoms with van der Waals surface area (Å²) < 4.78 is 29.5. The third kappa shape index (κ3) is 3.37. The Hall–Kier alpha value is -1.89. The second-order valence-electron chi connectivity index (χ2n) is 6.59. The van der Waals surface area contributed by atoms with E-state index < -0.39 is 10.0 Å². The lowest BCUT2D eigenvalue weighted by Crippen LogP contribution is -2.31. The summed E-state index contributed by atoms with van der Waals surface area (Å²) in [6, 6.07) is 10.7. The molecule has 3 heterocycles. The van der Waals surface area contributed by atoms with Crippen LogP contribution in [0.1, 0.15) is 25.7 Å². The van der Waals surface area contributed by atoms with E-state index in [1.54, 1.807) is 34.8 Å². The Balaban J connectivity index is 1.71. The lowest BCUT2D eigenvalue weighted by molar-refractivity contribution is 0.424. The van der Waals surface area contributed by atoms with Crippen molar-refractivity contribution < 1.29 is 8.42 Å². The summed E-state index contributed by atoms with van der Waals surface area (Å²) in [5.41, 5.74) is 2.27. The van der Waals surface area contributed by atoms with Gasteiger partial charge in [0.2, 0.25) is 10.0 Å². The molecule has 1 aliphatic rings. The molecule has 4 rings (SSSR count). The molecule has 1 aliphatic heterocycles. The average Bonchev–Trinajstić information content (AvgIpc) is 2.86. The predicted octanol–water partition coefficient (Wildman–Crippen LogP) is 4.22. The van der Waals surface area contributed by atoms with Crippen LogP contribution in [0.5, 0.6) is 0 Å². The fourth-order valence-corrected chi connectivity index (χ4v) is 5.08. The van der Waals surface area contributed by atoms with E-state index in [2.05, 4.69) is 4.98 Å². The normalized spacial score (nSPS) is 16.7. The Kier molecular flexibility index (Phi) is 4.73. The molecule has 5 nitrogen and oxygen atoms in total. The van der Waals surface area contributed by atoms with Gasteiger partial charge >= 0.3 is 0 Å². The van der Waals surface area contributed by atoms with Gasteiger partial charge in [-0.3, -0.25) is 0 Å². The molecule has 0 aliphatic carbocycles. The summed E-state index contributed by atoms with van der Waals surface area (Å²) in [5.74, 6) is 0. The molecule has 0 spiro atoms. The van der Waals surface area contributed by atoms with Crippen LogP contribution in [0.25, 0.3) is 16.9 Å². The Bertz CT molecular complexity index is 1040. The molecule has 1 aromatic carbocycles. The lowest BCUT2D eigenvalue weighted by atomic mass is 10.2. The fraction of sp³-hybridized carbons (Fsp3) is 0.316. The van der Waals surface area contributed by atoms with Crippen LogP contribution >= 0.6 is 11.6 Å². The van der Waals surface area contributed by atoms with Crippen molar-refractivity contribution in [3.63, 3.8) is 0 Å². The first-order valence-corrected chi connectivity index (χ1v) is 10.6. The van der Waals surface area contributed by atoms with Gasteiger partial charge < -0.3 is 4.40 Å². The van der Waals surface area contributed by atoms with Crippen LogP contribution in [-0.2, 0) is 10.0 Å². The molecule has 7 heteroatoms. The van der Waals surface area contributed by atoms with Crippen molar-refractivity contribution in [2.45, 2.75) is 30.6 Å². The number of hydrogen-bond donors (Lipinski definition) is 0. The van der Waals surface area contributed by atoms with Gasteiger partial charge in [0.15, 0.2) is 0 Å². The minimum absolute atomic E-state index is 0.326. The van der Waals surface area contributed by atoms with E-state index in [0.717, 1.165) is 42.6 Å². The highest BCUT2D eigenvalue weighted by molar-refractivity contribution is 7.89. The fourth-order valence-electron chi connectivity index (χ4n) is 3.35. The summed E-state index contributed by atoms with van der Waals surface area (Å²) in [6.45, 7) is 1.19. The molecule has 26 heavy (non-hydrogen) atoms. The molecule has 3 aromatic rings. The van der Waals surface area contributed by atoms with Crippen molar-refractivity contribution in [1.29, 1.82) is 0 Å². The zero-order valence-electron chi connectivity index (χ0n) is 14.3. The first kappa shape index (κ1) is 17.5. The van der Waals surface area contributed by atoms with Gasteiger partial charge in [-0.2, -0.15) is 4.31 Å². The maximum atomic E-state index is 13.0. The Labute approximate surface area is 158 Å². The molecule has 0 N–H and O–H groups in total. The number of hydrogen-bond acceptors (Lipinski definition) is 3. The number of benzene rings is 1. The Morgan fingerprint density at radius 1 is 0.962 bits per heavy atom. The van der Waals surface area contributed by atoms with Gasteiger partial charge in [0.25, 0.3) is 0 Å². The molecule has 1 saturated heterocycles. The van der Waals surface area contributed by atoms with Crippen molar-refractivity contribution in [1.82, 2.24) is 13.7 Å². The van der Waals surface area contributed by atoms with Gasteiger partial charge in [0, 0.05) is 31.0 Å². The summed E-state index contributed by atoms with van der Waals surface area (Å²) in [4.78, 5) is 4.90. The standard InChI is InChI=1S/C19H20ClN3O2S/c20-16-8-9-19-21-18(14-22(19)13-16)15-6-5-7-17(12-15)26(24,25)23-10-3-1-2-4-11-23/h5-9,12-14H,1-4,10-11H2. The van der Waals surface area contributed by atoms with E-state index >= 15 is 0 Å². The third-order valence-corrected chi connectivity index (χ3v) is 6.87. The first-order valence-electron chi connectivity index (χ1n) is 8.79. The second kappa shape index (κ2) is 7.02. The van der Waals surface area contributed by atoms with Gasteiger partial charge in [-0.25, -0.2) is 13.4 Å². The predicted molar refractivity (Wildman–Crippen MR) is 103 cm³/mol. The van der Waals surface area contributed by atoms with Crippen LogP contribution in [0, 0.1) is 0 Å². The second-order valence-corrected chi connectivity index (χ2v) is 8.96. The number of aromatic nitrogens is 2. The van der Waals surface area contributed by atoms with Crippen molar-refractivity contribution in [2.75, 3.05) is 13.1 Å². The quantitative estimate of drug-likeness (QED) is 0.673. The number of nitrogens with zero attached hydrogens (tertiary/aromatic N) is 3. The van der Waals surface area contributed by atoms with Crippen molar-refractivity contribution >= 4 is 27.3 Å². The summed E-state index contributed by atoms with van der Waals surface area (Å²) >= 11 is 6.02. The van der Waals surface area contributed by atoms with Crippen LogP contribution in [0.2, 0.25) is 5.02 Å². The largest absolute Gasteiger partial charge is 0.305 e. The van der Waals surface area contributed by atoms with Gasteiger partial charge in [-0.15, -0.1) is 0 Å². The van der Waals surface area contributed by atoms with E-state index in [0.29, 0.717) is 23.0 Å². The maximum Gasteiger partial charge on any atom is 0.243 e. The molecule has 0 atom stereocenters. The number of rotatable bonds is 3. The van der Waals surface area contributed by atoms with Gasteiger partial charge in [0.1, 0.15) is 5.65 Å². The number of pyridine rings is 1. The highest BCUT2D eigenvalue weighted by Crippen LogP contribution is 2.26. The number of sulfonamides is 1. The molecule has 0 saturated carbocycles. The molecule has 0 unspecified atom stereocenters. The smallest absolute Gasteiger partial charge is 0.243 e. The monoisotopic (exact) mass is 389 g/mol. The number of fused-ring (bicyclic) bond motifs is 1. The first-order chi connectivity index (χ1) is 12.5. The third-order valence-electron chi connectivity index (χ3n) is 4.75. The van der Waals surface area contributed by atoms with Crippen LogP contribution in [0.3, 0.4) is 0 Å². The molecule has 0 amide bonds. The molecular formula is C19H20ClN3O2S. The number of halogens is 1. The summed E-state index contributed by atoms with van der Waals surface area (Å²) in [7, 11) is -3.48. The molecule has 136 valence electrons. The van der Waals surface area contributed by atoms with E-state index in [4.69, 9.17) is 11.6 Å². The highest BCUT2D eigenvalue weighted by Gasteiger charge is 2.25. The minimum Gasteiger partial charge on any atom is -0.305 e. The zero-order valence-corrected chi connectivity index (χ0v) is 15.9. The highest BCUT2D eigenvalue weighted by atomic mass is 35.5. The Morgan fingerprint density at radius 3 is 2.50 bits per heavy atom. The van der Waals surface area contributed by atoms with Crippen LogP contribution in [-0.4, -0.2) is 35.2 Å². The van der Waals surface area contributed by atoms with Gasteiger partial charge in [-0.05, 0) is 37.1 Å². The van der Waals surface area contributed by atoms with Crippen molar-refractivity contribution in [3.8, 4) is 11.3 Å².